The van der Waals surface area contributed by atoms with E-state index in [0.717, 1.165) is 0 Å². The topological polar surface area (TPSA) is 106 Å². The van der Waals surface area contributed by atoms with E-state index in [-0.39, 0.29) is 18.8 Å². The van der Waals surface area contributed by atoms with Crippen LogP contribution in [0.3, 0.4) is 0 Å². The molecule has 1 N–H and O–H groups in total. The fraction of sp³-hybridized carbons (Fsp3) is 0.529. The first kappa shape index (κ1) is 18.7. The maximum absolute atomic E-state index is 12.3. The summed E-state index contributed by atoms with van der Waals surface area (Å²) in [6, 6.07) is 1.71. The second-order valence-electron chi connectivity index (χ2n) is 6.62. The summed E-state index contributed by atoms with van der Waals surface area (Å²) in [5, 5.41) is 9.60. The molecule has 0 spiro atoms. The lowest BCUT2D eigenvalue weighted by Gasteiger charge is -2.35. The first-order valence-electron chi connectivity index (χ1n) is 8.03. The Morgan fingerprint density at radius 2 is 2.00 bits per heavy atom. The van der Waals surface area contributed by atoms with Crippen molar-refractivity contribution in [1.82, 2.24) is 9.88 Å². The molecule has 1 atom stereocenters. The minimum absolute atomic E-state index is 0.121. The molecule has 1 aliphatic heterocycles. The first-order valence-corrected chi connectivity index (χ1v) is 8.03. The number of hydrogen-bond acceptors (Lipinski definition) is 6. The number of amides is 1. The molecule has 0 saturated carbocycles. The van der Waals surface area contributed by atoms with E-state index >= 15 is 0 Å². The number of hydrogen-bond donors (Lipinski definition) is 1. The minimum Gasteiger partial charge on any atom is -0.479 e. The Hall–Kier alpha value is -2.64. The molecular formula is C17H22N2O6. The Labute approximate surface area is 145 Å². The van der Waals surface area contributed by atoms with E-state index in [9.17, 15) is 19.5 Å². The number of rotatable bonds is 3. The van der Waals surface area contributed by atoms with Crippen LogP contribution >= 0.6 is 0 Å². The molecule has 1 unspecified atom stereocenters. The van der Waals surface area contributed by atoms with Crippen LogP contribution in [0, 0.1) is 0 Å². The summed E-state index contributed by atoms with van der Waals surface area (Å²) >= 11 is 0. The number of carboxylic acid groups (broad SMARTS) is 1. The highest BCUT2D eigenvalue weighted by molar-refractivity contribution is 5.88. The second kappa shape index (κ2) is 7.08. The summed E-state index contributed by atoms with van der Waals surface area (Å²) in [7, 11) is 0. The van der Waals surface area contributed by atoms with Gasteiger partial charge in [0.25, 0.3) is 0 Å². The lowest BCUT2D eigenvalue weighted by atomic mass is 9.96. The van der Waals surface area contributed by atoms with Crippen molar-refractivity contribution in [2.75, 3.05) is 13.2 Å². The molecule has 1 aromatic heterocycles. The molecule has 0 bridgehead atoms. The van der Waals surface area contributed by atoms with Gasteiger partial charge in [0.05, 0.1) is 6.61 Å². The smallest absolute Gasteiger partial charge is 0.411 e. The van der Waals surface area contributed by atoms with Crippen LogP contribution in [-0.2, 0) is 20.7 Å². The van der Waals surface area contributed by atoms with Crippen LogP contribution < -0.4 is 0 Å². The number of aromatic nitrogens is 1. The van der Waals surface area contributed by atoms with Gasteiger partial charge in [-0.25, -0.2) is 19.4 Å². The van der Waals surface area contributed by atoms with Crippen molar-refractivity contribution >= 4 is 18.0 Å². The highest BCUT2D eigenvalue weighted by Crippen LogP contribution is 2.30. The number of carbonyl (C=O) groups excluding carboxylic acids is 2. The van der Waals surface area contributed by atoms with Gasteiger partial charge in [0.15, 0.2) is 6.04 Å². The summed E-state index contributed by atoms with van der Waals surface area (Å²) in [6.07, 6.45) is -0.369. The number of aliphatic carboxylic acids is 1. The van der Waals surface area contributed by atoms with Crippen LogP contribution in [0.4, 0.5) is 4.79 Å². The lowest BCUT2D eigenvalue weighted by Crippen LogP contribution is -2.46. The molecule has 2 heterocycles. The SMILES string of the molecule is CCOC(=O)c1ccc2c(n1)CCN(C(=O)OC(C)(C)C)C2C(=O)O. The maximum atomic E-state index is 12.3. The van der Waals surface area contributed by atoms with Crippen molar-refractivity contribution in [2.24, 2.45) is 0 Å². The van der Waals surface area contributed by atoms with E-state index in [4.69, 9.17) is 9.47 Å². The van der Waals surface area contributed by atoms with Crippen LogP contribution in [0.15, 0.2) is 12.1 Å². The number of esters is 1. The van der Waals surface area contributed by atoms with Crippen molar-refractivity contribution in [2.45, 2.75) is 45.8 Å². The Kier molecular flexibility index (Phi) is 5.30. The lowest BCUT2D eigenvalue weighted by molar-refractivity contribution is -0.143. The molecule has 8 heteroatoms. The van der Waals surface area contributed by atoms with E-state index < -0.39 is 29.7 Å². The van der Waals surface area contributed by atoms with Crippen LogP contribution in [-0.4, -0.2) is 51.8 Å². The molecule has 1 aliphatic rings. The van der Waals surface area contributed by atoms with Gasteiger partial charge in [-0.15, -0.1) is 0 Å². The van der Waals surface area contributed by atoms with Crippen LogP contribution in [0.5, 0.6) is 0 Å². The zero-order chi connectivity index (χ0) is 18.8. The number of carbonyl (C=O) groups is 3. The Morgan fingerprint density at radius 1 is 1.32 bits per heavy atom. The van der Waals surface area contributed by atoms with E-state index in [1.807, 2.05) is 0 Å². The van der Waals surface area contributed by atoms with Crippen molar-refractivity contribution in [1.29, 1.82) is 0 Å². The fourth-order valence-corrected chi connectivity index (χ4v) is 2.59. The van der Waals surface area contributed by atoms with Crippen LogP contribution in [0.25, 0.3) is 0 Å². The van der Waals surface area contributed by atoms with Gasteiger partial charge in [0.2, 0.25) is 0 Å². The second-order valence-corrected chi connectivity index (χ2v) is 6.62. The third-order valence-corrected chi connectivity index (χ3v) is 3.55. The van der Waals surface area contributed by atoms with Crippen molar-refractivity contribution in [3.8, 4) is 0 Å². The quantitative estimate of drug-likeness (QED) is 0.833. The molecule has 0 radical (unpaired) electrons. The summed E-state index contributed by atoms with van der Waals surface area (Å²) in [5.41, 5.74) is 0.234. The maximum Gasteiger partial charge on any atom is 0.411 e. The molecule has 1 aromatic rings. The van der Waals surface area contributed by atoms with Crippen molar-refractivity contribution in [3.05, 3.63) is 29.1 Å². The molecule has 0 saturated heterocycles. The number of pyridine rings is 1. The molecule has 0 aromatic carbocycles. The monoisotopic (exact) mass is 350 g/mol. The van der Waals surface area contributed by atoms with E-state index in [1.165, 1.54) is 17.0 Å². The van der Waals surface area contributed by atoms with E-state index in [0.29, 0.717) is 17.7 Å². The molecular weight excluding hydrogens is 328 g/mol. The van der Waals surface area contributed by atoms with Gasteiger partial charge in [-0.05, 0) is 33.8 Å². The molecule has 2 rings (SSSR count). The normalized spacial score (nSPS) is 16.8. The largest absolute Gasteiger partial charge is 0.479 e. The number of nitrogens with zero attached hydrogens (tertiary/aromatic N) is 2. The molecule has 136 valence electrons. The highest BCUT2D eigenvalue weighted by atomic mass is 16.6. The standard InChI is InChI=1S/C17H22N2O6/c1-5-24-15(22)12-7-6-10-11(18-12)8-9-19(13(10)14(20)21)16(23)25-17(2,3)4/h6-7,13H,5,8-9H2,1-4H3,(H,20,21). The van der Waals surface area contributed by atoms with E-state index in [2.05, 4.69) is 4.98 Å². The predicted octanol–water partition coefficient (Wildman–Crippen LogP) is 2.18. The Morgan fingerprint density at radius 3 is 2.56 bits per heavy atom. The van der Waals surface area contributed by atoms with Crippen molar-refractivity contribution in [3.63, 3.8) is 0 Å². The molecule has 8 nitrogen and oxygen atoms in total. The van der Waals surface area contributed by atoms with Crippen LogP contribution in [0.2, 0.25) is 0 Å². The Balaban J connectivity index is 2.34. The number of fused-ring (bicyclic) bond motifs is 1. The molecule has 25 heavy (non-hydrogen) atoms. The number of carboxylic acids is 1. The molecule has 0 fully saturated rings. The molecule has 0 aliphatic carbocycles. The van der Waals surface area contributed by atoms with Gasteiger partial charge in [-0.1, -0.05) is 6.07 Å². The zero-order valence-electron chi connectivity index (χ0n) is 14.7. The average Bonchev–Trinajstić information content (AvgIpc) is 2.51. The highest BCUT2D eigenvalue weighted by Gasteiger charge is 2.39. The summed E-state index contributed by atoms with van der Waals surface area (Å²) in [5.74, 6) is -1.75. The summed E-state index contributed by atoms with van der Waals surface area (Å²) in [6.45, 7) is 7.19. The summed E-state index contributed by atoms with van der Waals surface area (Å²) in [4.78, 5) is 41.3. The van der Waals surface area contributed by atoms with Gasteiger partial charge in [0, 0.05) is 24.2 Å². The minimum atomic E-state index is -1.21. The first-order chi connectivity index (χ1) is 11.6. The average molecular weight is 350 g/mol. The predicted molar refractivity (Wildman–Crippen MR) is 87.2 cm³/mol. The van der Waals surface area contributed by atoms with Gasteiger partial charge < -0.3 is 14.6 Å². The van der Waals surface area contributed by atoms with Gasteiger partial charge in [-0.3, -0.25) is 4.90 Å². The van der Waals surface area contributed by atoms with Gasteiger partial charge in [-0.2, -0.15) is 0 Å². The Bertz CT molecular complexity index is 695. The van der Waals surface area contributed by atoms with Gasteiger partial charge in [0.1, 0.15) is 11.3 Å². The van der Waals surface area contributed by atoms with Crippen molar-refractivity contribution < 1.29 is 29.0 Å². The summed E-state index contributed by atoms with van der Waals surface area (Å²) < 4.78 is 10.2. The van der Waals surface area contributed by atoms with E-state index in [1.54, 1.807) is 27.7 Å². The molecule has 1 amide bonds. The third-order valence-electron chi connectivity index (χ3n) is 3.55. The fourth-order valence-electron chi connectivity index (χ4n) is 2.59. The van der Waals surface area contributed by atoms with Gasteiger partial charge >= 0.3 is 18.0 Å². The number of ether oxygens (including phenoxy) is 2. The third kappa shape index (κ3) is 4.26. The zero-order valence-corrected chi connectivity index (χ0v) is 14.7. The van der Waals surface area contributed by atoms with Crippen LogP contribution in [0.1, 0.15) is 55.5 Å².